The van der Waals surface area contributed by atoms with E-state index in [0.717, 1.165) is 12.1 Å². The summed E-state index contributed by atoms with van der Waals surface area (Å²) in [4.78, 5) is 10.6. The Balaban J connectivity index is 3.04. The lowest BCUT2D eigenvalue weighted by Crippen LogP contribution is -2.35. The van der Waals surface area contributed by atoms with Crippen molar-refractivity contribution in [1.29, 1.82) is 0 Å². The lowest BCUT2D eigenvalue weighted by atomic mass is 9.92. The van der Waals surface area contributed by atoms with E-state index in [1.807, 2.05) is 0 Å². The fourth-order valence-corrected chi connectivity index (χ4v) is 1.42. The summed E-state index contributed by atoms with van der Waals surface area (Å²) in [5.41, 5.74) is 4.82. The highest BCUT2D eigenvalue weighted by atomic mass is 19.4. The number of carboxylic acid groups (broad SMARTS) is 1. The Morgan fingerprint density at radius 2 is 2.00 bits per heavy atom. The zero-order valence-electron chi connectivity index (χ0n) is 9.03. The van der Waals surface area contributed by atoms with E-state index in [2.05, 4.69) is 0 Å². The van der Waals surface area contributed by atoms with Crippen molar-refractivity contribution in [2.45, 2.75) is 25.1 Å². The van der Waals surface area contributed by atoms with Gasteiger partial charge in [-0.05, 0) is 11.6 Å². The highest BCUT2D eigenvalue weighted by Crippen LogP contribution is 2.31. The van der Waals surface area contributed by atoms with Crippen molar-refractivity contribution < 1.29 is 23.1 Å². The predicted octanol–water partition coefficient (Wildman–Crippen LogP) is 2.22. The Labute approximate surface area is 96.0 Å². The van der Waals surface area contributed by atoms with Gasteiger partial charge in [-0.3, -0.25) is 4.79 Å². The molecule has 0 aromatic heterocycles. The van der Waals surface area contributed by atoms with Gasteiger partial charge in [-0.2, -0.15) is 13.2 Å². The van der Waals surface area contributed by atoms with Gasteiger partial charge in [0, 0.05) is 5.92 Å². The predicted molar refractivity (Wildman–Crippen MR) is 55.5 cm³/mol. The largest absolute Gasteiger partial charge is 0.480 e. The number of nitrogens with two attached hydrogens (primary N) is 1. The standard InChI is InChI=1S/C11H12F3NO2/c1-6(9(15)10(16)17)7-3-2-4-8(5-7)11(12,13)14/h2-6,9H,15H2,1H3,(H,16,17)/t6-,9-/m0/s1. The molecular weight excluding hydrogens is 235 g/mol. The van der Waals surface area contributed by atoms with Gasteiger partial charge in [-0.25, -0.2) is 0 Å². The Bertz CT molecular complexity index is 417. The SMILES string of the molecule is C[C@@H](c1cccc(C(F)(F)F)c1)[C@H](N)C(=O)O. The van der Waals surface area contributed by atoms with Gasteiger partial charge in [0.2, 0.25) is 0 Å². The van der Waals surface area contributed by atoms with Gasteiger partial charge in [0.25, 0.3) is 0 Å². The van der Waals surface area contributed by atoms with Crippen molar-refractivity contribution >= 4 is 5.97 Å². The van der Waals surface area contributed by atoms with E-state index >= 15 is 0 Å². The first-order valence-corrected chi connectivity index (χ1v) is 4.89. The topological polar surface area (TPSA) is 63.3 Å². The normalized spacial score (nSPS) is 15.4. The smallest absolute Gasteiger partial charge is 0.416 e. The van der Waals surface area contributed by atoms with E-state index < -0.39 is 29.7 Å². The molecule has 0 heterocycles. The first-order valence-electron chi connectivity index (χ1n) is 4.89. The molecule has 1 aromatic rings. The Morgan fingerprint density at radius 3 is 2.47 bits per heavy atom. The van der Waals surface area contributed by atoms with Crippen LogP contribution in [0, 0.1) is 0 Å². The first-order chi connectivity index (χ1) is 7.73. The van der Waals surface area contributed by atoms with Crippen LogP contribution in [-0.4, -0.2) is 17.1 Å². The number of aliphatic carboxylic acids is 1. The molecular formula is C11H12F3NO2. The minimum atomic E-state index is -4.44. The van der Waals surface area contributed by atoms with Crippen LogP contribution in [0.15, 0.2) is 24.3 Å². The Kier molecular flexibility index (Phi) is 3.77. The summed E-state index contributed by atoms with van der Waals surface area (Å²) in [6, 6.07) is 3.31. The third-order valence-corrected chi connectivity index (χ3v) is 2.56. The fraction of sp³-hybridized carbons (Fsp3) is 0.364. The highest BCUT2D eigenvalue weighted by Gasteiger charge is 2.31. The van der Waals surface area contributed by atoms with E-state index in [9.17, 15) is 18.0 Å². The molecule has 0 unspecified atom stereocenters. The van der Waals surface area contributed by atoms with E-state index in [-0.39, 0.29) is 5.56 Å². The van der Waals surface area contributed by atoms with Crippen LogP contribution in [0.2, 0.25) is 0 Å². The summed E-state index contributed by atoms with van der Waals surface area (Å²) in [6.45, 7) is 1.48. The molecule has 0 saturated carbocycles. The number of halogens is 3. The average Bonchev–Trinajstić information content (AvgIpc) is 2.26. The van der Waals surface area contributed by atoms with Crippen molar-refractivity contribution in [1.82, 2.24) is 0 Å². The number of hydrogen-bond acceptors (Lipinski definition) is 2. The minimum Gasteiger partial charge on any atom is -0.480 e. The summed E-state index contributed by atoms with van der Waals surface area (Å²) in [6.07, 6.45) is -4.44. The van der Waals surface area contributed by atoms with Gasteiger partial charge < -0.3 is 10.8 Å². The second kappa shape index (κ2) is 4.75. The zero-order chi connectivity index (χ0) is 13.2. The number of hydrogen-bond donors (Lipinski definition) is 2. The van der Waals surface area contributed by atoms with Crippen molar-refractivity contribution in [2.75, 3.05) is 0 Å². The molecule has 3 N–H and O–H groups in total. The van der Waals surface area contributed by atoms with Crippen molar-refractivity contribution in [3.63, 3.8) is 0 Å². The lowest BCUT2D eigenvalue weighted by molar-refractivity contribution is -0.139. The van der Waals surface area contributed by atoms with Gasteiger partial charge in [-0.15, -0.1) is 0 Å². The van der Waals surface area contributed by atoms with Crippen molar-refractivity contribution in [3.8, 4) is 0 Å². The third kappa shape index (κ3) is 3.20. The molecule has 0 saturated heterocycles. The molecule has 0 aliphatic carbocycles. The molecule has 0 bridgehead atoms. The molecule has 0 aliphatic heterocycles. The zero-order valence-corrected chi connectivity index (χ0v) is 9.03. The Morgan fingerprint density at radius 1 is 1.41 bits per heavy atom. The maximum atomic E-state index is 12.4. The second-order valence-electron chi connectivity index (χ2n) is 3.78. The number of rotatable bonds is 3. The molecule has 94 valence electrons. The van der Waals surface area contributed by atoms with E-state index in [1.165, 1.54) is 19.1 Å². The van der Waals surface area contributed by atoms with Crippen LogP contribution in [0.4, 0.5) is 13.2 Å². The molecule has 6 heteroatoms. The maximum absolute atomic E-state index is 12.4. The third-order valence-electron chi connectivity index (χ3n) is 2.56. The van der Waals surface area contributed by atoms with Crippen molar-refractivity contribution in [3.05, 3.63) is 35.4 Å². The number of carbonyl (C=O) groups is 1. The van der Waals surface area contributed by atoms with E-state index in [1.54, 1.807) is 0 Å². The monoisotopic (exact) mass is 247 g/mol. The summed E-state index contributed by atoms with van der Waals surface area (Å²) >= 11 is 0. The summed E-state index contributed by atoms with van der Waals surface area (Å²) in [7, 11) is 0. The van der Waals surface area contributed by atoms with Gasteiger partial charge in [0.1, 0.15) is 6.04 Å². The van der Waals surface area contributed by atoms with E-state index in [4.69, 9.17) is 10.8 Å². The lowest BCUT2D eigenvalue weighted by Gasteiger charge is -2.17. The molecule has 0 spiro atoms. The van der Waals surface area contributed by atoms with Crippen molar-refractivity contribution in [2.24, 2.45) is 5.73 Å². The average molecular weight is 247 g/mol. The van der Waals surface area contributed by atoms with Crippen LogP contribution in [0.5, 0.6) is 0 Å². The summed E-state index contributed by atoms with van der Waals surface area (Å²) in [5, 5.41) is 8.70. The summed E-state index contributed by atoms with van der Waals surface area (Å²) < 4.78 is 37.3. The molecule has 17 heavy (non-hydrogen) atoms. The van der Waals surface area contributed by atoms with Gasteiger partial charge in [0.05, 0.1) is 5.56 Å². The fourth-order valence-electron chi connectivity index (χ4n) is 1.42. The second-order valence-corrected chi connectivity index (χ2v) is 3.78. The van der Waals surface area contributed by atoms with Gasteiger partial charge in [0.15, 0.2) is 0 Å². The highest BCUT2D eigenvalue weighted by molar-refractivity contribution is 5.74. The first kappa shape index (κ1) is 13.5. The molecule has 0 aliphatic rings. The maximum Gasteiger partial charge on any atom is 0.416 e. The summed E-state index contributed by atoms with van der Waals surface area (Å²) in [5.74, 6) is -1.93. The molecule has 0 amide bonds. The van der Waals surface area contributed by atoms with Crippen LogP contribution in [0.3, 0.4) is 0 Å². The molecule has 2 atom stereocenters. The van der Waals surface area contributed by atoms with E-state index in [0.29, 0.717) is 0 Å². The molecule has 1 rings (SSSR count). The Hall–Kier alpha value is -1.56. The molecule has 3 nitrogen and oxygen atoms in total. The molecule has 1 aromatic carbocycles. The molecule has 0 fully saturated rings. The molecule has 0 radical (unpaired) electrons. The van der Waals surface area contributed by atoms with Crippen LogP contribution in [0.1, 0.15) is 24.0 Å². The van der Waals surface area contributed by atoms with Crippen LogP contribution >= 0.6 is 0 Å². The number of alkyl halides is 3. The van der Waals surface area contributed by atoms with Crippen LogP contribution < -0.4 is 5.73 Å². The van der Waals surface area contributed by atoms with Crippen LogP contribution in [-0.2, 0) is 11.0 Å². The van der Waals surface area contributed by atoms with Crippen LogP contribution in [0.25, 0.3) is 0 Å². The van der Waals surface area contributed by atoms with Gasteiger partial charge >= 0.3 is 12.1 Å². The number of benzene rings is 1. The quantitative estimate of drug-likeness (QED) is 0.860. The minimum absolute atomic E-state index is 0.259. The number of carboxylic acids is 1. The van der Waals surface area contributed by atoms with Gasteiger partial charge in [-0.1, -0.05) is 25.1 Å².